The van der Waals surface area contributed by atoms with Crippen LogP contribution in [0.25, 0.3) is 0 Å². The Morgan fingerprint density at radius 3 is 2.81 bits per heavy atom. The fourth-order valence-electron chi connectivity index (χ4n) is 2.03. The van der Waals surface area contributed by atoms with Crippen LogP contribution in [0.2, 0.25) is 0 Å². The molecule has 2 rings (SSSR count). The quantitative estimate of drug-likeness (QED) is 0.765. The Hall–Kier alpha value is -1.68. The van der Waals surface area contributed by atoms with Crippen molar-refractivity contribution in [1.82, 2.24) is 5.32 Å². The van der Waals surface area contributed by atoms with Crippen LogP contribution >= 0.6 is 0 Å². The van der Waals surface area contributed by atoms with Crippen LogP contribution in [0, 0.1) is 6.92 Å². The van der Waals surface area contributed by atoms with Crippen LogP contribution in [0.1, 0.15) is 32.7 Å². The fourth-order valence-corrected chi connectivity index (χ4v) is 2.03. The second-order valence-electron chi connectivity index (χ2n) is 3.97. The molecule has 0 radical (unpaired) electrons. The molecule has 0 spiro atoms. The van der Waals surface area contributed by atoms with Crippen LogP contribution in [0.15, 0.2) is 18.2 Å². The van der Waals surface area contributed by atoms with Gasteiger partial charge in [-0.2, -0.15) is 0 Å². The van der Waals surface area contributed by atoms with Crippen molar-refractivity contribution in [2.24, 2.45) is 5.73 Å². The molecule has 1 aliphatic rings. The van der Waals surface area contributed by atoms with Crippen LogP contribution in [-0.2, 0) is 0 Å². The Morgan fingerprint density at radius 1 is 1.38 bits per heavy atom. The van der Waals surface area contributed by atoms with E-state index in [1.54, 1.807) is 12.1 Å². The van der Waals surface area contributed by atoms with E-state index < -0.39 is 6.04 Å². The number of ketones is 1. The largest absolute Gasteiger partial charge is 0.342 e. The number of benzene rings is 1. The first-order valence-corrected chi connectivity index (χ1v) is 5.30. The van der Waals surface area contributed by atoms with Crippen LogP contribution in [0.3, 0.4) is 0 Å². The van der Waals surface area contributed by atoms with Gasteiger partial charge in [0, 0.05) is 5.56 Å². The molecule has 1 aromatic carbocycles. The average Bonchev–Trinajstić information content (AvgIpc) is 2.25. The minimum Gasteiger partial charge on any atom is -0.342 e. The van der Waals surface area contributed by atoms with E-state index in [2.05, 4.69) is 5.32 Å². The summed E-state index contributed by atoms with van der Waals surface area (Å²) in [5.41, 5.74) is 7.26. The number of carbonyl (C=O) groups excluding carboxylic acids is 2. The predicted octanol–water partition coefficient (Wildman–Crippen LogP) is 0.639. The monoisotopic (exact) mass is 218 g/mol. The number of Topliss-reactive ketones (excluding diaryl/α,β-unsaturated/α-hetero) is 1. The van der Waals surface area contributed by atoms with E-state index in [9.17, 15) is 9.59 Å². The zero-order chi connectivity index (χ0) is 11.7. The fraction of sp³-hybridized carbons (Fsp3) is 0.333. The standard InChI is InChI=1S/C12H14N2O2/c1-7-3-2-4-8-10(7)12(16)14-9(5-6-13)11(8)15/h2-4,9H,5-6,13H2,1H3,(H,14,16)/t9-/m1/s1. The lowest BCUT2D eigenvalue weighted by Crippen LogP contribution is -2.47. The van der Waals surface area contributed by atoms with Gasteiger partial charge in [-0.25, -0.2) is 0 Å². The van der Waals surface area contributed by atoms with Gasteiger partial charge in [0.05, 0.1) is 11.6 Å². The third-order valence-corrected chi connectivity index (χ3v) is 2.84. The Labute approximate surface area is 93.8 Å². The molecule has 0 bridgehead atoms. The van der Waals surface area contributed by atoms with Crippen molar-refractivity contribution in [1.29, 1.82) is 0 Å². The maximum atomic E-state index is 12.0. The number of nitrogens with one attached hydrogen (secondary N) is 1. The van der Waals surface area contributed by atoms with Gasteiger partial charge >= 0.3 is 0 Å². The lowest BCUT2D eigenvalue weighted by molar-refractivity contribution is 0.0824. The van der Waals surface area contributed by atoms with Crippen molar-refractivity contribution in [3.05, 3.63) is 34.9 Å². The third-order valence-electron chi connectivity index (χ3n) is 2.84. The van der Waals surface area contributed by atoms with Crippen molar-refractivity contribution in [3.63, 3.8) is 0 Å². The van der Waals surface area contributed by atoms with Gasteiger partial charge in [-0.05, 0) is 25.5 Å². The summed E-state index contributed by atoms with van der Waals surface area (Å²) in [6.45, 7) is 2.22. The topological polar surface area (TPSA) is 72.2 Å². The van der Waals surface area contributed by atoms with Crippen molar-refractivity contribution in [2.75, 3.05) is 6.54 Å². The molecule has 0 unspecified atom stereocenters. The molecule has 1 atom stereocenters. The normalized spacial score (nSPS) is 19.2. The van der Waals surface area contributed by atoms with Gasteiger partial charge < -0.3 is 11.1 Å². The van der Waals surface area contributed by atoms with E-state index in [0.717, 1.165) is 5.56 Å². The van der Waals surface area contributed by atoms with E-state index in [-0.39, 0.29) is 11.7 Å². The molecule has 84 valence electrons. The number of fused-ring (bicyclic) bond motifs is 1. The first-order valence-electron chi connectivity index (χ1n) is 5.30. The molecular formula is C12H14N2O2. The molecule has 4 nitrogen and oxygen atoms in total. The average molecular weight is 218 g/mol. The predicted molar refractivity (Wildman–Crippen MR) is 60.4 cm³/mol. The molecule has 0 aromatic heterocycles. The van der Waals surface area contributed by atoms with Crippen molar-refractivity contribution < 1.29 is 9.59 Å². The lowest BCUT2D eigenvalue weighted by atomic mass is 9.90. The van der Waals surface area contributed by atoms with Gasteiger partial charge in [-0.1, -0.05) is 18.2 Å². The molecule has 0 saturated heterocycles. The molecular weight excluding hydrogens is 204 g/mol. The molecule has 1 amide bonds. The summed E-state index contributed by atoms with van der Waals surface area (Å²) in [4.78, 5) is 23.9. The SMILES string of the molecule is Cc1cccc2c1C(=O)N[C@H](CCN)C2=O. The Balaban J connectivity index is 2.47. The molecule has 16 heavy (non-hydrogen) atoms. The molecule has 1 heterocycles. The second kappa shape index (κ2) is 4.06. The second-order valence-corrected chi connectivity index (χ2v) is 3.97. The number of hydrogen-bond acceptors (Lipinski definition) is 3. The zero-order valence-corrected chi connectivity index (χ0v) is 9.12. The Kier molecular flexibility index (Phi) is 2.75. The number of rotatable bonds is 2. The van der Waals surface area contributed by atoms with Gasteiger partial charge in [-0.3, -0.25) is 9.59 Å². The summed E-state index contributed by atoms with van der Waals surface area (Å²) in [5, 5.41) is 2.70. The molecule has 1 aliphatic heterocycles. The maximum Gasteiger partial charge on any atom is 0.252 e. The molecule has 0 fully saturated rings. The summed E-state index contributed by atoms with van der Waals surface area (Å²) in [5.74, 6) is -0.213. The van der Waals surface area contributed by atoms with Crippen LogP contribution in [-0.4, -0.2) is 24.3 Å². The maximum absolute atomic E-state index is 12.0. The van der Waals surface area contributed by atoms with Crippen LogP contribution in [0.5, 0.6) is 0 Å². The number of nitrogens with two attached hydrogens (primary N) is 1. The summed E-state index contributed by atoms with van der Waals surface area (Å²) in [6.07, 6.45) is 0.484. The van der Waals surface area contributed by atoms with Crippen LogP contribution < -0.4 is 11.1 Å². The van der Waals surface area contributed by atoms with E-state index in [0.29, 0.717) is 24.1 Å². The highest BCUT2D eigenvalue weighted by Gasteiger charge is 2.31. The van der Waals surface area contributed by atoms with Crippen LogP contribution in [0.4, 0.5) is 0 Å². The highest BCUT2D eigenvalue weighted by Crippen LogP contribution is 2.21. The lowest BCUT2D eigenvalue weighted by Gasteiger charge is -2.24. The Bertz CT molecular complexity index is 454. The minimum absolute atomic E-state index is 0.0382. The van der Waals surface area contributed by atoms with Gasteiger partial charge in [0.2, 0.25) is 0 Å². The van der Waals surface area contributed by atoms with E-state index in [1.807, 2.05) is 13.0 Å². The number of amides is 1. The van der Waals surface area contributed by atoms with Crippen molar-refractivity contribution in [2.45, 2.75) is 19.4 Å². The van der Waals surface area contributed by atoms with Gasteiger partial charge in [0.15, 0.2) is 5.78 Å². The van der Waals surface area contributed by atoms with Crippen molar-refractivity contribution >= 4 is 11.7 Å². The summed E-state index contributed by atoms with van der Waals surface area (Å²) >= 11 is 0. The molecule has 4 heteroatoms. The van der Waals surface area contributed by atoms with E-state index in [1.165, 1.54) is 0 Å². The van der Waals surface area contributed by atoms with E-state index in [4.69, 9.17) is 5.73 Å². The highest BCUT2D eigenvalue weighted by molar-refractivity contribution is 6.15. The molecule has 0 aliphatic carbocycles. The summed E-state index contributed by atoms with van der Waals surface area (Å²) < 4.78 is 0. The number of carbonyl (C=O) groups is 2. The van der Waals surface area contributed by atoms with E-state index >= 15 is 0 Å². The minimum atomic E-state index is -0.466. The number of aryl methyl sites for hydroxylation is 1. The van der Waals surface area contributed by atoms with Gasteiger partial charge in [0.1, 0.15) is 0 Å². The summed E-state index contributed by atoms with van der Waals surface area (Å²) in [7, 11) is 0. The Morgan fingerprint density at radius 2 is 2.12 bits per heavy atom. The van der Waals surface area contributed by atoms with Gasteiger partial charge in [0.25, 0.3) is 5.91 Å². The third kappa shape index (κ3) is 1.61. The first kappa shape index (κ1) is 10.8. The molecule has 0 saturated carbocycles. The van der Waals surface area contributed by atoms with Crippen molar-refractivity contribution in [3.8, 4) is 0 Å². The van der Waals surface area contributed by atoms with Gasteiger partial charge in [-0.15, -0.1) is 0 Å². The molecule has 1 aromatic rings. The number of hydrogen-bond donors (Lipinski definition) is 2. The highest BCUT2D eigenvalue weighted by atomic mass is 16.2. The smallest absolute Gasteiger partial charge is 0.252 e. The zero-order valence-electron chi connectivity index (χ0n) is 9.12. The first-order chi connectivity index (χ1) is 7.65. The summed E-state index contributed by atoms with van der Waals surface area (Å²) in [6, 6.07) is 4.86. The molecule has 3 N–H and O–H groups in total.